The number of rotatable bonds is 4. The lowest BCUT2D eigenvalue weighted by Gasteiger charge is -2.34. The molecule has 1 aromatic rings. The van der Waals surface area contributed by atoms with Crippen LogP contribution in [-0.2, 0) is 14.3 Å². The Balaban J connectivity index is 1.93. The maximum atomic E-state index is 13.4. The van der Waals surface area contributed by atoms with Crippen molar-refractivity contribution in [2.45, 2.75) is 19.1 Å². The fourth-order valence-corrected chi connectivity index (χ4v) is 2.08. The summed E-state index contributed by atoms with van der Waals surface area (Å²) in [6.07, 6.45) is -1.43. The average Bonchev–Trinajstić information content (AvgIpc) is 2.45. The van der Waals surface area contributed by atoms with Gasteiger partial charge in [-0.2, -0.15) is 0 Å². The van der Waals surface area contributed by atoms with Crippen LogP contribution in [0.2, 0.25) is 0 Å². The number of carbonyl (C=O) groups excluding carboxylic acids is 1. The van der Waals surface area contributed by atoms with Gasteiger partial charge in [-0.05, 0) is 19.1 Å². The minimum Gasteiger partial charge on any atom is -0.481 e. The molecule has 0 aromatic heterocycles. The molecule has 1 heterocycles. The topological polar surface area (TPSA) is 76.1 Å². The van der Waals surface area contributed by atoms with Gasteiger partial charge < -0.3 is 19.5 Å². The normalized spacial score (nSPS) is 21.9. The molecule has 1 aromatic carbocycles. The number of carboxylic acids is 1. The van der Waals surface area contributed by atoms with E-state index in [-0.39, 0.29) is 31.5 Å². The number of aliphatic carboxylic acids is 1. The predicted molar refractivity (Wildman–Crippen MR) is 70.4 cm³/mol. The number of nitrogens with zero attached hydrogens (tertiary/aromatic N) is 1. The third-order valence-corrected chi connectivity index (χ3v) is 3.08. The van der Waals surface area contributed by atoms with Crippen LogP contribution in [0.4, 0.5) is 4.39 Å². The van der Waals surface area contributed by atoms with Crippen LogP contribution in [0, 0.1) is 5.82 Å². The highest BCUT2D eigenvalue weighted by Gasteiger charge is 2.32. The van der Waals surface area contributed by atoms with Crippen molar-refractivity contribution in [3.63, 3.8) is 0 Å². The number of benzene rings is 1. The molecule has 1 unspecified atom stereocenters. The molecule has 6 nitrogen and oxygen atoms in total. The van der Waals surface area contributed by atoms with Crippen LogP contribution in [0.5, 0.6) is 5.75 Å². The molecule has 1 fully saturated rings. The lowest BCUT2D eigenvalue weighted by Crippen LogP contribution is -2.52. The summed E-state index contributed by atoms with van der Waals surface area (Å²) in [5.74, 6) is -2.08. The molecule has 2 atom stereocenters. The predicted octanol–water partition coefficient (Wildman–Crippen LogP) is 0.905. The van der Waals surface area contributed by atoms with Crippen molar-refractivity contribution in [3.8, 4) is 5.75 Å². The van der Waals surface area contributed by atoms with Gasteiger partial charge in [-0.3, -0.25) is 4.79 Å². The maximum Gasteiger partial charge on any atom is 0.334 e. The van der Waals surface area contributed by atoms with Crippen molar-refractivity contribution in [1.82, 2.24) is 4.90 Å². The van der Waals surface area contributed by atoms with Gasteiger partial charge in [0.25, 0.3) is 5.91 Å². The van der Waals surface area contributed by atoms with Gasteiger partial charge >= 0.3 is 5.97 Å². The van der Waals surface area contributed by atoms with Gasteiger partial charge in [0, 0.05) is 6.54 Å². The summed E-state index contributed by atoms with van der Waals surface area (Å²) >= 11 is 0. The molecule has 1 saturated heterocycles. The Morgan fingerprint density at radius 1 is 1.43 bits per heavy atom. The molecule has 0 bridgehead atoms. The zero-order valence-electron chi connectivity index (χ0n) is 11.5. The molecular weight excluding hydrogens is 281 g/mol. The van der Waals surface area contributed by atoms with Crippen molar-refractivity contribution in [3.05, 3.63) is 30.1 Å². The molecule has 7 heteroatoms. The summed E-state index contributed by atoms with van der Waals surface area (Å²) < 4.78 is 23.7. The van der Waals surface area contributed by atoms with E-state index in [2.05, 4.69) is 0 Å². The van der Waals surface area contributed by atoms with Crippen molar-refractivity contribution in [2.24, 2.45) is 0 Å². The van der Waals surface area contributed by atoms with Gasteiger partial charge in [0.2, 0.25) is 0 Å². The van der Waals surface area contributed by atoms with E-state index < -0.39 is 23.8 Å². The molecule has 2 rings (SSSR count). The van der Waals surface area contributed by atoms with Gasteiger partial charge in [0.15, 0.2) is 24.3 Å². The summed E-state index contributed by atoms with van der Waals surface area (Å²) in [6, 6.07) is 5.77. The molecule has 0 saturated carbocycles. The van der Waals surface area contributed by atoms with E-state index >= 15 is 0 Å². The molecular formula is C14H16FNO5. The second-order valence-electron chi connectivity index (χ2n) is 4.79. The maximum absolute atomic E-state index is 13.4. The fourth-order valence-electron chi connectivity index (χ4n) is 2.08. The smallest absolute Gasteiger partial charge is 0.334 e. The van der Waals surface area contributed by atoms with Crippen LogP contribution >= 0.6 is 0 Å². The fraction of sp³-hybridized carbons (Fsp3) is 0.429. The minimum atomic E-state index is -1.12. The number of morpholine rings is 1. The van der Waals surface area contributed by atoms with Crippen molar-refractivity contribution in [2.75, 3.05) is 19.7 Å². The van der Waals surface area contributed by atoms with Crippen LogP contribution in [0.25, 0.3) is 0 Å². The number of ether oxygens (including phenoxy) is 2. The number of para-hydroxylation sites is 1. The Morgan fingerprint density at radius 3 is 2.81 bits per heavy atom. The van der Waals surface area contributed by atoms with E-state index in [4.69, 9.17) is 14.6 Å². The van der Waals surface area contributed by atoms with E-state index in [9.17, 15) is 14.0 Å². The zero-order chi connectivity index (χ0) is 15.4. The summed E-state index contributed by atoms with van der Waals surface area (Å²) in [5, 5.41) is 8.96. The van der Waals surface area contributed by atoms with Crippen LogP contribution < -0.4 is 4.74 Å². The van der Waals surface area contributed by atoms with Gasteiger partial charge in [0.1, 0.15) is 0 Å². The number of amides is 1. The van der Waals surface area contributed by atoms with Crippen LogP contribution in [-0.4, -0.2) is 53.8 Å². The Kier molecular flexibility index (Phi) is 4.74. The third-order valence-electron chi connectivity index (χ3n) is 3.08. The lowest BCUT2D eigenvalue weighted by molar-refractivity contribution is -0.167. The van der Waals surface area contributed by atoms with Gasteiger partial charge in [-0.1, -0.05) is 12.1 Å². The second-order valence-corrected chi connectivity index (χ2v) is 4.79. The standard InChI is InChI=1S/C14H16FNO5/c1-9-6-16(7-12(21-9)14(18)19)13(17)8-20-11-5-3-2-4-10(11)15/h2-5,9,12H,6-8H2,1H3,(H,18,19)/t9-,12?/m1/s1. The van der Waals surface area contributed by atoms with Crippen LogP contribution in [0.3, 0.4) is 0 Å². The Morgan fingerprint density at radius 2 is 2.14 bits per heavy atom. The highest BCUT2D eigenvalue weighted by atomic mass is 19.1. The van der Waals surface area contributed by atoms with E-state index in [1.807, 2.05) is 0 Å². The Labute approximate surface area is 121 Å². The highest BCUT2D eigenvalue weighted by molar-refractivity contribution is 5.80. The minimum absolute atomic E-state index is 0.0121. The first kappa shape index (κ1) is 15.2. The first-order valence-corrected chi connectivity index (χ1v) is 6.50. The van der Waals surface area contributed by atoms with Gasteiger partial charge in [0.05, 0.1) is 12.6 Å². The zero-order valence-corrected chi connectivity index (χ0v) is 11.5. The molecule has 114 valence electrons. The Bertz CT molecular complexity index is 536. The van der Waals surface area contributed by atoms with Crippen molar-refractivity contribution < 1.29 is 28.6 Å². The number of carbonyl (C=O) groups is 2. The largest absolute Gasteiger partial charge is 0.481 e. The molecule has 0 radical (unpaired) electrons. The van der Waals surface area contributed by atoms with Crippen molar-refractivity contribution >= 4 is 11.9 Å². The molecule has 1 aliphatic rings. The molecule has 0 spiro atoms. The van der Waals surface area contributed by atoms with E-state index in [1.165, 1.54) is 23.1 Å². The molecule has 1 N–H and O–H groups in total. The summed E-state index contributed by atoms with van der Waals surface area (Å²) in [4.78, 5) is 24.3. The van der Waals surface area contributed by atoms with E-state index in [0.29, 0.717) is 0 Å². The van der Waals surface area contributed by atoms with Gasteiger partial charge in [-0.15, -0.1) is 0 Å². The first-order valence-electron chi connectivity index (χ1n) is 6.50. The average molecular weight is 297 g/mol. The quantitative estimate of drug-likeness (QED) is 0.894. The summed E-state index contributed by atoms with van der Waals surface area (Å²) in [5.41, 5.74) is 0. The number of halogens is 1. The lowest BCUT2D eigenvalue weighted by atomic mass is 10.2. The Hall–Kier alpha value is -2.15. The summed E-state index contributed by atoms with van der Waals surface area (Å²) in [6.45, 7) is 1.58. The van der Waals surface area contributed by atoms with E-state index in [0.717, 1.165) is 0 Å². The van der Waals surface area contributed by atoms with Crippen LogP contribution in [0.15, 0.2) is 24.3 Å². The van der Waals surface area contributed by atoms with E-state index in [1.54, 1.807) is 13.0 Å². The number of carboxylic acid groups (broad SMARTS) is 1. The van der Waals surface area contributed by atoms with Gasteiger partial charge in [-0.25, -0.2) is 9.18 Å². The monoisotopic (exact) mass is 297 g/mol. The molecule has 1 amide bonds. The second kappa shape index (κ2) is 6.53. The van der Waals surface area contributed by atoms with Crippen molar-refractivity contribution in [1.29, 1.82) is 0 Å². The highest BCUT2D eigenvalue weighted by Crippen LogP contribution is 2.16. The van der Waals surface area contributed by atoms with Crippen LogP contribution in [0.1, 0.15) is 6.92 Å². The number of hydrogen-bond donors (Lipinski definition) is 1. The third kappa shape index (κ3) is 3.91. The molecule has 0 aliphatic carbocycles. The molecule has 1 aliphatic heterocycles. The first-order chi connectivity index (χ1) is 9.97. The SMILES string of the molecule is C[C@@H]1CN(C(=O)COc2ccccc2F)CC(C(=O)O)O1. The number of hydrogen-bond acceptors (Lipinski definition) is 4. The summed E-state index contributed by atoms with van der Waals surface area (Å²) in [7, 11) is 0. The molecule has 21 heavy (non-hydrogen) atoms.